The molecule has 0 atom stereocenters. The quantitative estimate of drug-likeness (QED) is 0.777. The van der Waals surface area contributed by atoms with Gasteiger partial charge in [0, 0.05) is 11.8 Å². The lowest BCUT2D eigenvalue weighted by molar-refractivity contribution is 0.395. The maximum Gasteiger partial charge on any atom is 0.148 e. The molecule has 0 aliphatic rings. The van der Waals surface area contributed by atoms with Gasteiger partial charge in [-0.2, -0.15) is 0 Å². The Morgan fingerprint density at radius 3 is 2.32 bits per heavy atom. The Bertz CT molecular complexity index is 577. The molecule has 0 spiro atoms. The minimum absolute atomic E-state index is 0.703. The third-order valence-electron chi connectivity index (χ3n) is 2.87. The van der Waals surface area contributed by atoms with Crippen LogP contribution in [0.2, 0.25) is 0 Å². The smallest absolute Gasteiger partial charge is 0.148 e. The van der Waals surface area contributed by atoms with Gasteiger partial charge in [0.25, 0.3) is 0 Å². The van der Waals surface area contributed by atoms with Crippen LogP contribution in [-0.2, 0) is 0 Å². The number of hydrogen-bond acceptors (Lipinski definition) is 3. The summed E-state index contributed by atoms with van der Waals surface area (Å²) in [5.74, 6) is 1.46. The van der Waals surface area contributed by atoms with Gasteiger partial charge in [-0.3, -0.25) is 0 Å². The number of rotatable bonds is 4. The number of benzene rings is 2. The predicted octanol–water partition coefficient (Wildman–Crippen LogP) is 3.84. The standard InChI is InChI=1S/C16H17NO2/c1-12(13-7-5-4-6-8-13)17-15-10-9-14(18-2)11-16(15)19-3/h4-11H,1-3H3. The second kappa shape index (κ2) is 6.05. The zero-order valence-electron chi connectivity index (χ0n) is 11.4. The van der Waals surface area contributed by atoms with Crippen LogP contribution in [0, 0.1) is 0 Å². The molecule has 0 saturated carbocycles. The summed E-state index contributed by atoms with van der Waals surface area (Å²) in [5.41, 5.74) is 2.84. The van der Waals surface area contributed by atoms with Gasteiger partial charge in [-0.15, -0.1) is 0 Å². The number of nitrogens with zero attached hydrogens (tertiary/aromatic N) is 1. The number of ether oxygens (including phenoxy) is 2. The van der Waals surface area contributed by atoms with Crippen molar-refractivity contribution in [2.75, 3.05) is 14.2 Å². The predicted molar refractivity (Wildman–Crippen MR) is 77.9 cm³/mol. The molecular formula is C16H17NO2. The van der Waals surface area contributed by atoms with Gasteiger partial charge in [-0.25, -0.2) is 4.99 Å². The molecule has 0 aliphatic carbocycles. The molecule has 0 heterocycles. The van der Waals surface area contributed by atoms with Gasteiger partial charge in [-0.05, 0) is 24.6 Å². The van der Waals surface area contributed by atoms with Crippen molar-refractivity contribution in [1.29, 1.82) is 0 Å². The molecule has 0 aromatic heterocycles. The summed E-state index contributed by atoms with van der Waals surface area (Å²) in [4.78, 5) is 4.61. The number of aliphatic imine (C=N–C) groups is 1. The van der Waals surface area contributed by atoms with Crippen LogP contribution < -0.4 is 9.47 Å². The van der Waals surface area contributed by atoms with Gasteiger partial charge in [-0.1, -0.05) is 30.3 Å². The Balaban J connectivity index is 2.37. The van der Waals surface area contributed by atoms with Crippen molar-refractivity contribution in [3.05, 3.63) is 54.1 Å². The monoisotopic (exact) mass is 255 g/mol. The second-order valence-electron chi connectivity index (χ2n) is 4.10. The van der Waals surface area contributed by atoms with Crippen molar-refractivity contribution in [2.45, 2.75) is 6.92 Å². The van der Waals surface area contributed by atoms with E-state index in [1.165, 1.54) is 0 Å². The Labute approximate surface area is 113 Å². The summed E-state index contributed by atoms with van der Waals surface area (Å²) in [7, 11) is 3.26. The van der Waals surface area contributed by atoms with Crippen LogP contribution in [-0.4, -0.2) is 19.9 Å². The van der Waals surface area contributed by atoms with Crippen molar-refractivity contribution in [2.24, 2.45) is 4.99 Å². The fourth-order valence-corrected chi connectivity index (χ4v) is 1.80. The molecule has 0 aliphatic heterocycles. The SMILES string of the molecule is COc1ccc(N=C(C)c2ccccc2)c(OC)c1. The highest BCUT2D eigenvalue weighted by Gasteiger charge is 2.05. The minimum atomic E-state index is 0.703. The summed E-state index contributed by atoms with van der Waals surface area (Å²) in [5, 5.41) is 0. The highest BCUT2D eigenvalue weighted by molar-refractivity contribution is 6.00. The van der Waals surface area contributed by atoms with E-state index in [4.69, 9.17) is 9.47 Å². The molecule has 2 aromatic carbocycles. The van der Waals surface area contributed by atoms with Crippen molar-refractivity contribution in [1.82, 2.24) is 0 Å². The van der Waals surface area contributed by atoms with Crippen LogP contribution in [0.1, 0.15) is 12.5 Å². The maximum atomic E-state index is 5.34. The molecule has 98 valence electrons. The van der Waals surface area contributed by atoms with Crippen LogP contribution >= 0.6 is 0 Å². The molecule has 0 N–H and O–H groups in total. The Kier molecular flexibility index (Phi) is 4.18. The highest BCUT2D eigenvalue weighted by Crippen LogP contribution is 2.31. The van der Waals surface area contributed by atoms with E-state index in [0.29, 0.717) is 5.75 Å². The molecule has 3 heteroatoms. The first-order valence-electron chi connectivity index (χ1n) is 6.07. The molecule has 3 nitrogen and oxygen atoms in total. The molecule has 19 heavy (non-hydrogen) atoms. The minimum Gasteiger partial charge on any atom is -0.497 e. The Morgan fingerprint density at radius 2 is 1.68 bits per heavy atom. The van der Waals surface area contributed by atoms with E-state index in [1.807, 2.05) is 55.5 Å². The first-order chi connectivity index (χ1) is 9.24. The van der Waals surface area contributed by atoms with Gasteiger partial charge < -0.3 is 9.47 Å². The molecule has 0 radical (unpaired) electrons. The van der Waals surface area contributed by atoms with Crippen molar-refractivity contribution in [3.63, 3.8) is 0 Å². The third-order valence-corrected chi connectivity index (χ3v) is 2.87. The van der Waals surface area contributed by atoms with E-state index >= 15 is 0 Å². The molecular weight excluding hydrogens is 238 g/mol. The van der Waals surface area contributed by atoms with E-state index in [1.54, 1.807) is 14.2 Å². The van der Waals surface area contributed by atoms with Crippen molar-refractivity contribution < 1.29 is 9.47 Å². The zero-order valence-corrected chi connectivity index (χ0v) is 11.4. The van der Waals surface area contributed by atoms with Gasteiger partial charge in [0.05, 0.1) is 14.2 Å². The molecule has 2 aromatic rings. The lowest BCUT2D eigenvalue weighted by Crippen LogP contribution is -1.94. The third kappa shape index (κ3) is 3.13. The summed E-state index contributed by atoms with van der Waals surface area (Å²) in [6, 6.07) is 15.7. The molecule has 0 fully saturated rings. The average molecular weight is 255 g/mol. The number of methoxy groups -OCH3 is 2. The fraction of sp³-hybridized carbons (Fsp3) is 0.188. The molecule has 0 amide bonds. The molecule has 2 rings (SSSR count). The molecule has 0 saturated heterocycles. The largest absolute Gasteiger partial charge is 0.497 e. The van der Waals surface area contributed by atoms with Gasteiger partial charge >= 0.3 is 0 Å². The van der Waals surface area contributed by atoms with Crippen LogP contribution in [0.25, 0.3) is 0 Å². The maximum absolute atomic E-state index is 5.34. The van der Waals surface area contributed by atoms with Crippen LogP contribution in [0.4, 0.5) is 5.69 Å². The van der Waals surface area contributed by atoms with Crippen LogP contribution in [0.3, 0.4) is 0 Å². The first-order valence-corrected chi connectivity index (χ1v) is 6.07. The van der Waals surface area contributed by atoms with E-state index in [-0.39, 0.29) is 0 Å². The van der Waals surface area contributed by atoms with Gasteiger partial charge in [0.2, 0.25) is 0 Å². The van der Waals surface area contributed by atoms with Crippen molar-refractivity contribution >= 4 is 11.4 Å². The van der Waals surface area contributed by atoms with E-state index < -0.39 is 0 Å². The second-order valence-corrected chi connectivity index (χ2v) is 4.10. The highest BCUT2D eigenvalue weighted by atomic mass is 16.5. The summed E-state index contributed by atoms with van der Waals surface area (Å²) in [6.07, 6.45) is 0. The van der Waals surface area contributed by atoms with Crippen LogP contribution in [0.5, 0.6) is 11.5 Å². The van der Waals surface area contributed by atoms with Gasteiger partial charge in [0.15, 0.2) is 0 Å². The normalized spacial score (nSPS) is 11.2. The van der Waals surface area contributed by atoms with Gasteiger partial charge in [0.1, 0.15) is 17.2 Å². The van der Waals surface area contributed by atoms with E-state index in [2.05, 4.69) is 4.99 Å². The van der Waals surface area contributed by atoms with E-state index in [0.717, 1.165) is 22.7 Å². The lowest BCUT2D eigenvalue weighted by Gasteiger charge is -2.08. The first kappa shape index (κ1) is 13.1. The molecule has 0 bridgehead atoms. The van der Waals surface area contributed by atoms with Crippen molar-refractivity contribution in [3.8, 4) is 11.5 Å². The number of hydrogen-bond donors (Lipinski definition) is 0. The zero-order chi connectivity index (χ0) is 13.7. The summed E-state index contributed by atoms with van der Waals surface area (Å²) < 4.78 is 10.5. The summed E-state index contributed by atoms with van der Waals surface area (Å²) >= 11 is 0. The summed E-state index contributed by atoms with van der Waals surface area (Å²) in [6.45, 7) is 1.99. The fourth-order valence-electron chi connectivity index (χ4n) is 1.80. The lowest BCUT2D eigenvalue weighted by atomic mass is 10.1. The topological polar surface area (TPSA) is 30.8 Å². The average Bonchev–Trinajstić information content (AvgIpc) is 2.48. The molecule has 0 unspecified atom stereocenters. The Hall–Kier alpha value is -2.29. The Morgan fingerprint density at radius 1 is 0.947 bits per heavy atom. The van der Waals surface area contributed by atoms with Crippen LogP contribution in [0.15, 0.2) is 53.5 Å². The van der Waals surface area contributed by atoms with E-state index in [9.17, 15) is 0 Å².